The molecule has 0 unspecified atom stereocenters. The van der Waals surface area contributed by atoms with Crippen molar-refractivity contribution in [1.82, 2.24) is 4.98 Å². The number of benzene rings is 1. The fourth-order valence-electron chi connectivity index (χ4n) is 2.74. The molecule has 0 fully saturated rings. The van der Waals surface area contributed by atoms with Gasteiger partial charge >= 0.3 is 29.6 Å². The molecule has 0 spiro atoms. The Kier molecular flexibility index (Phi) is 9.58. The molecule has 0 amide bonds. The topological polar surface area (TPSA) is 81.0 Å². The van der Waals surface area contributed by atoms with Gasteiger partial charge in [0.15, 0.2) is 11.6 Å². The van der Waals surface area contributed by atoms with E-state index in [0.29, 0.717) is 17.7 Å². The van der Waals surface area contributed by atoms with Gasteiger partial charge in [0.1, 0.15) is 5.75 Å². The van der Waals surface area contributed by atoms with Crippen molar-refractivity contribution in [3.63, 3.8) is 0 Å². The van der Waals surface area contributed by atoms with E-state index in [9.17, 15) is 14.3 Å². The summed E-state index contributed by atoms with van der Waals surface area (Å²) < 4.78 is 19.9. The van der Waals surface area contributed by atoms with Gasteiger partial charge in [0.2, 0.25) is 0 Å². The molecule has 2 aromatic rings. The monoisotopic (exact) mass is 395 g/mol. The van der Waals surface area contributed by atoms with E-state index in [-0.39, 0.29) is 53.6 Å². The van der Waals surface area contributed by atoms with Crippen LogP contribution in [0.2, 0.25) is 0 Å². The summed E-state index contributed by atoms with van der Waals surface area (Å²) in [5, 5.41) is 13.0. The van der Waals surface area contributed by atoms with Crippen molar-refractivity contribution in [3.05, 3.63) is 52.1 Å². The summed E-state index contributed by atoms with van der Waals surface area (Å²) in [6.07, 6.45) is 2.73. The Morgan fingerprint density at radius 2 is 2.04 bits per heavy atom. The van der Waals surface area contributed by atoms with E-state index in [1.807, 2.05) is 20.8 Å². The first-order chi connectivity index (χ1) is 12.8. The van der Waals surface area contributed by atoms with Crippen LogP contribution in [-0.4, -0.2) is 29.4 Å². The van der Waals surface area contributed by atoms with Gasteiger partial charge in [0, 0.05) is 12.1 Å². The van der Waals surface area contributed by atoms with E-state index < -0.39 is 5.82 Å². The van der Waals surface area contributed by atoms with Gasteiger partial charge in [0.05, 0.1) is 5.69 Å². The van der Waals surface area contributed by atoms with Gasteiger partial charge in [-0.25, -0.2) is 4.39 Å². The van der Waals surface area contributed by atoms with Gasteiger partial charge in [-0.05, 0) is 67.7 Å². The molecule has 0 aliphatic carbocycles. The molecule has 6 nitrogen and oxygen atoms in total. The van der Waals surface area contributed by atoms with Crippen molar-refractivity contribution in [2.24, 2.45) is 5.16 Å². The number of pyridine rings is 1. The number of aryl methyl sites for hydroxylation is 1. The quantitative estimate of drug-likeness (QED) is 0.233. The number of hydrogen-bond acceptors (Lipinski definition) is 6. The van der Waals surface area contributed by atoms with Crippen LogP contribution in [0.5, 0.6) is 11.5 Å². The van der Waals surface area contributed by atoms with Crippen molar-refractivity contribution in [2.45, 2.75) is 40.0 Å². The molecule has 1 aromatic heterocycles. The maximum absolute atomic E-state index is 14.7. The van der Waals surface area contributed by atoms with Gasteiger partial charge in [-0.1, -0.05) is 13.8 Å². The summed E-state index contributed by atoms with van der Waals surface area (Å²) in [7, 11) is 0. The molecule has 0 aliphatic heterocycles. The molecule has 1 aromatic carbocycles. The van der Waals surface area contributed by atoms with Crippen LogP contribution in [0.1, 0.15) is 47.8 Å². The standard InChI is InChI=1S/C20H21FN2O4.Na/c1-12(2)20-17(25)6-5-15(23-20)10-16-13(3)9-18(19(21)14(16)4)26-8-7-22-27-11-24;/h5-6,9,12,25H,8,10H2,1-4H3;/q-2;+1. The number of ether oxygens (including phenoxy) is 1. The van der Waals surface area contributed by atoms with E-state index in [1.54, 1.807) is 25.1 Å². The number of hydrogen-bond donors (Lipinski definition) is 1. The molecule has 144 valence electrons. The third-order valence-electron chi connectivity index (χ3n) is 4.13. The molecule has 0 aliphatic rings. The second kappa shape index (κ2) is 11.1. The Bertz CT molecular complexity index is 857. The second-order valence-electron chi connectivity index (χ2n) is 6.36. The van der Waals surface area contributed by atoms with Gasteiger partial charge in [-0.3, -0.25) is 4.98 Å². The first kappa shape index (κ1) is 24.1. The van der Waals surface area contributed by atoms with Crippen molar-refractivity contribution < 1.29 is 53.4 Å². The molecule has 0 saturated carbocycles. The zero-order valence-corrected chi connectivity index (χ0v) is 18.7. The number of carbonyl (C=O) groups excluding carboxylic acids is 1. The van der Waals surface area contributed by atoms with Gasteiger partial charge < -0.3 is 30.8 Å². The molecule has 2 rings (SSSR count). The largest absolute Gasteiger partial charge is 1.00 e. The molecule has 0 atom stereocenters. The van der Waals surface area contributed by atoms with Crippen LogP contribution in [0.3, 0.4) is 0 Å². The van der Waals surface area contributed by atoms with Crippen LogP contribution in [0.4, 0.5) is 4.39 Å². The molecule has 1 heterocycles. The number of aromatic hydroxyl groups is 1. The minimum Gasteiger partial charge on any atom is -0.557 e. The number of nitrogens with zero attached hydrogens (tertiary/aromatic N) is 2. The van der Waals surface area contributed by atoms with E-state index in [2.05, 4.69) is 21.2 Å². The smallest absolute Gasteiger partial charge is 0.557 e. The van der Waals surface area contributed by atoms with Crippen LogP contribution in [0.15, 0.2) is 23.4 Å². The first-order valence-electron chi connectivity index (χ1n) is 8.41. The molecule has 8 heteroatoms. The zero-order chi connectivity index (χ0) is 20.0. The Morgan fingerprint density at radius 1 is 1.32 bits per heavy atom. The Hall–Kier alpha value is -1.96. The van der Waals surface area contributed by atoms with Crippen LogP contribution in [-0.2, 0) is 16.1 Å². The fraction of sp³-hybridized carbons (Fsp3) is 0.350. The summed E-state index contributed by atoms with van der Waals surface area (Å²) in [6.45, 7) is 8.38. The third kappa shape index (κ3) is 6.02. The van der Waals surface area contributed by atoms with Crippen LogP contribution in [0, 0.1) is 19.7 Å². The van der Waals surface area contributed by atoms with E-state index in [1.165, 1.54) is 0 Å². The van der Waals surface area contributed by atoms with Crippen molar-refractivity contribution in [2.75, 3.05) is 6.61 Å². The normalized spacial score (nSPS) is 10.8. The van der Waals surface area contributed by atoms with Crippen LogP contribution < -0.4 is 34.3 Å². The Balaban J connectivity index is 0.00000392. The Morgan fingerprint density at radius 3 is 2.68 bits per heavy atom. The van der Waals surface area contributed by atoms with Crippen LogP contribution >= 0.6 is 0 Å². The first-order valence-corrected chi connectivity index (χ1v) is 8.41. The molecular formula is C20H21FN2NaO4-. The zero-order valence-electron chi connectivity index (χ0n) is 16.7. The predicted molar refractivity (Wildman–Crippen MR) is 98.4 cm³/mol. The SMILES string of the molecule is Cc1cc(OC[C-]=NO[C-]=O)c(F)c(C)c1Cc1ccc(O)c(C(C)C)n1.[Na+]. The van der Waals surface area contributed by atoms with E-state index in [0.717, 1.165) is 23.3 Å². The average molecular weight is 395 g/mol. The van der Waals surface area contributed by atoms with E-state index >= 15 is 0 Å². The molecular weight excluding hydrogens is 374 g/mol. The predicted octanol–water partition coefficient (Wildman–Crippen LogP) is 0.587. The summed E-state index contributed by atoms with van der Waals surface area (Å²) in [4.78, 5) is 18.3. The minimum atomic E-state index is -0.483. The summed E-state index contributed by atoms with van der Waals surface area (Å²) in [5.41, 5.74) is 3.48. The molecule has 1 N–H and O–H groups in total. The Labute approximate surface area is 186 Å². The van der Waals surface area contributed by atoms with Crippen molar-refractivity contribution in [1.29, 1.82) is 0 Å². The number of rotatable bonds is 8. The molecule has 0 radical (unpaired) electrons. The van der Waals surface area contributed by atoms with E-state index in [4.69, 9.17) is 4.74 Å². The van der Waals surface area contributed by atoms with Crippen LogP contribution in [0.25, 0.3) is 0 Å². The summed E-state index contributed by atoms with van der Waals surface area (Å²) >= 11 is 0. The average Bonchev–Trinajstić information content (AvgIpc) is 2.63. The maximum atomic E-state index is 14.7. The molecule has 0 saturated heterocycles. The molecule has 28 heavy (non-hydrogen) atoms. The summed E-state index contributed by atoms with van der Waals surface area (Å²) in [5.74, 6) is -0.180. The minimum absolute atomic E-state index is 0. The summed E-state index contributed by atoms with van der Waals surface area (Å²) in [6, 6.07) is 4.94. The fourth-order valence-corrected chi connectivity index (χ4v) is 2.74. The molecule has 0 bridgehead atoms. The van der Waals surface area contributed by atoms with Gasteiger partial charge in [-0.15, -0.1) is 0 Å². The number of aromatic nitrogens is 1. The van der Waals surface area contributed by atoms with Gasteiger partial charge in [0.25, 0.3) is 0 Å². The second-order valence-corrected chi connectivity index (χ2v) is 6.36. The number of halogens is 1. The van der Waals surface area contributed by atoms with Crippen molar-refractivity contribution >= 4 is 12.7 Å². The maximum Gasteiger partial charge on any atom is 1.00 e. The van der Waals surface area contributed by atoms with Crippen molar-refractivity contribution in [3.8, 4) is 11.5 Å². The third-order valence-corrected chi connectivity index (χ3v) is 4.13. The van der Waals surface area contributed by atoms with Gasteiger partial charge in [-0.2, -0.15) is 0 Å².